The number of anilines is 1. The van der Waals surface area contributed by atoms with Crippen molar-refractivity contribution in [3.63, 3.8) is 0 Å². The number of hydrogen-bond acceptors (Lipinski definition) is 5. The third-order valence-electron chi connectivity index (χ3n) is 9.39. The summed E-state index contributed by atoms with van der Waals surface area (Å²) >= 11 is 0. The average molecular weight is 849 g/mol. The fourth-order valence-corrected chi connectivity index (χ4v) is 8.27. The van der Waals surface area contributed by atoms with Crippen molar-refractivity contribution < 1.29 is 66.6 Å². The van der Waals surface area contributed by atoms with Crippen molar-refractivity contribution in [2.75, 3.05) is 5.09 Å². The highest BCUT2D eigenvalue weighted by atomic mass is 31.2. The van der Waals surface area contributed by atoms with Crippen LogP contribution in [0.4, 0.5) is 58.5 Å². The Balaban J connectivity index is 1.56. The molecule has 1 aliphatic heterocycles. The lowest BCUT2D eigenvalue weighted by Crippen LogP contribution is -2.28. The molecule has 0 atom stereocenters. The number of hydrogen-bond donors (Lipinski definition) is 1. The lowest BCUT2D eigenvalue weighted by Gasteiger charge is -2.27. The van der Waals surface area contributed by atoms with Crippen molar-refractivity contribution in [3.8, 4) is 44.9 Å². The molecule has 0 unspecified atom stereocenters. The fourth-order valence-electron chi connectivity index (χ4n) is 6.87. The van der Waals surface area contributed by atoms with Crippen molar-refractivity contribution in [1.29, 1.82) is 0 Å². The van der Waals surface area contributed by atoms with Crippen LogP contribution in [-0.4, -0.2) is 4.98 Å². The highest BCUT2D eigenvalue weighted by Crippen LogP contribution is 2.64. The number of aromatic nitrogens is 1. The predicted molar refractivity (Wildman–Crippen MR) is 194 cm³/mol. The first-order valence-corrected chi connectivity index (χ1v) is 18.5. The molecule has 5 nitrogen and oxygen atoms in total. The van der Waals surface area contributed by atoms with Gasteiger partial charge in [0.1, 0.15) is 0 Å². The lowest BCUT2D eigenvalue weighted by atomic mass is 9.85. The average Bonchev–Trinajstić information content (AvgIpc) is 3.30. The highest BCUT2D eigenvalue weighted by Gasteiger charge is 2.45. The Morgan fingerprint density at radius 3 is 1.20 bits per heavy atom. The van der Waals surface area contributed by atoms with Crippen molar-refractivity contribution in [2.24, 2.45) is 0 Å². The van der Waals surface area contributed by atoms with Crippen molar-refractivity contribution >= 4 is 35.5 Å². The molecule has 0 saturated heterocycles. The van der Waals surface area contributed by atoms with Gasteiger partial charge in [0.2, 0.25) is 0 Å². The number of nitrogens with zero attached hydrogens (tertiary/aromatic N) is 1. The summed E-state index contributed by atoms with van der Waals surface area (Å²) < 4.78 is 183. The minimum absolute atomic E-state index is 0.0833. The number of alkyl halides is 12. The molecule has 59 heavy (non-hydrogen) atoms. The van der Waals surface area contributed by atoms with Crippen LogP contribution in [0.5, 0.6) is 11.5 Å². The van der Waals surface area contributed by atoms with E-state index in [2.05, 4.69) is 10.1 Å². The van der Waals surface area contributed by atoms with Gasteiger partial charge >= 0.3 is 32.8 Å². The molecule has 0 spiro atoms. The Kier molecular flexibility index (Phi) is 9.28. The number of halogens is 12. The zero-order valence-corrected chi connectivity index (χ0v) is 30.1. The molecule has 0 fully saturated rings. The normalized spacial score (nSPS) is 14.3. The van der Waals surface area contributed by atoms with Crippen LogP contribution in [0.15, 0.2) is 121 Å². The molecule has 1 aromatic heterocycles. The van der Waals surface area contributed by atoms with Crippen LogP contribution in [0.25, 0.3) is 54.9 Å². The third-order valence-corrected chi connectivity index (χ3v) is 10.7. The Hall–Kier alpha value is -6.06. The summed E-state index contributed by atoms with van der Waals surface area (Å²) in [6.45, 7) is 0. The van der Waals surface area contributed by atoms with Crippen LogP contribution in [0.3, 0.4) is 0 Å². The minimum atomic E-state index is -5.29. The molecule has 6 aromatic carbocycles. The summed E-state index contributed by atoms with van der Waals surface area (Å²) in [7, 11) is -5.17. The van der Waals surface area contributed by atoms with E-state index < -0.39 is 88.8 Å². The topological polar surface area (TPSA) is 66.4 Å². The van der Waals surface area contributed by atoms with Crippen LogP contribution < -0.4 is 19.0 Å². The number of benzene rings is 6. The Labute approximate surface area is 325 Å². The van der Waals surface area contributed by atoms with Crippen LogP contribution >= 0.6 is 8.09 Å². The van der Waals surface area contributed by atoms with E-state index in [1.54, 1.807) is 0 Å². The van der Waals surface area contributed by atoms with Gasteiger partial charge in [0.15, 0.2) is 17.3 Å². The lowest BCUT2D eigenvalue weighted by molar-refractivity contribution is -0.200. The number of nitrogens with one attached hydrogen (secondary N) is 1. The van der Waals surface area contributed by atoms with Crippen molar-refractivity contribution in [1.82, 2.24) is 4.98 Å². The van der Waals surface area contributed by atoms with Gasteiger partial charge in [-0.25, -0.2) is 4.98 Å². The molecule has 0 amide bonds. The van der Waals surface area contributed by atoms with E-state index in [9.17, 15) is 52.7 Å². The van der Waals surface area contributed by atoms with Crippen LogP contribution in [0.1, 0.15) is 22.3 Å². The van der Waals surface area contributed by atoms with E-state index in [0.717, 1.165) is 0 Å². The molecule has 0 radical (unpaired) electrons. The van der Waals surface area contributed by atoms with E-state index >= 15 is 4.89 Å². The standard InChI is InChI=1S/C41H21F12N2O3P/c42-38(43,44)25-13-23(14-26(19-25)39(45,46)47)31-17-21-7-1-3-9-29(21)34-35-30-10-4-2-8-22(30)18-32(24-15-27(40(48,49)50)20-28(16-24)41(51,52)53)37(35)58-59(56,57-36(31)34)55-33-11-5-6-12-54-33/h1-20H,(H,54,55,56). The van der Waals surface area contributed by atoms with Gasteiger partial charge in [-0.2, -0.15) is 57.8 Å². The molecule has 1 N–H and O–H groups in total. The van der Waals surface area contributed by atoms with E-state index in [4.69, 9.17) is 9.05 Å². The zero-order valence-electron chi connectivity index (χ0n) is 29.2. The smallest absolute Gasteiger partial charge is 0.433 e. The van der Waals surface area contributed by atoms with E-state index in [1.807, 2.05) is 0 Å². The van der Waals surface area contributed by atoms with Crippen LogP contribution in [0, 0.1) is 0 Å². The van der Waals surface area contributed by atoms with Gasteiger partial charge < -0.3 is 4.89 Å². The number of fused-ring (bicyclic) bond motifs is 7. The van der Waals surface area contributed by atoms with Gasteiger partial charge in [-0.05, 0) is 93.3 Å². The monoisotopic (exact) mass is 848 g/mol. The Morgan fingerprint density at radius 1 is 0.475 bits per heavy atom. The van der Waals surface area contributed by atoms with Crippen LogP contribution in [0.2, 0.25) is 0 Å². The van der Waals surface area contributed by atoms with Gasteiger partial charge in [0, 0.05) is 28.5 Å². The van der Waals surface area contributed by atoms with E-state index in [-0.39, 0.29) is 50.6 Å². The maximum atomic E-state index is 15.2. The number of pyridine rings is 1. The first-order chi connectivity index (χ1) is 27.6. The Morgan fingerprint density at radius 2 is 0.847 bits per heavy atom. The van der Waals surface area contributed by atoms with Gasteiger partial charge in [-0.15, -0.1) is 0 Å². The second kappa shape index (κ2) is 13.8. The molecular weight excluding hydrogens is 827 g/mol. The second-order valence-electron chi connectivity index (χ2n) is 13.3. The molecule has 7 aromatic rings. The third kappa shape index (κ3) is 7.56. The van der Waals surface area contributed by atoms with Crippen molar-refractivity contribution in [2.45, 2.75) is 24.7 Å². The summed E-state index contributed by atoms with van der Waals surface area (Å²) in [5.74, 6) is -1.39. The van der Waals surface area contributed by atoms with E-state index in [0.29, 0.717) is 24.3 Å². The second-order valence-corrected chi connectivity index (χ2v) is 14.9. The summed E-state index contributed by atoms with van der Waals surface area (Å²) in [5, 5.41) is 3.17. The molecular formula is C41H21F12N2O3P. The quantitative estimate of drug-likeness (QED) is 0.141. The van der Waals surface area contributed by atoms with Gasteiger partial charge in [0.05, 0.1) is 22.3 Å². The summed E-state index contributed by atoms with van der Waals surface area (Å²) in [6, 6.07) is 20.1. The molecule has 0 bridgehead atoms. The van der Waals surface area contributed by atoms with E-state index in [1.165, 1.54) is 85.1 Å². The molecule has 0 saturated carbocycles. The molecule has 0 aliphatic carbocycles. The predicted octanol–water partition coefficient (Wildman–Crippen LogP) is 13.4. The van der Waals surface area contributed by atoms with Gasteiger partial charge in [-0.1, -0.05) is 54.6 Å². The highest BCUT2D eigenvalue weighted by molar-refractivity contribution is 7.61. The molecule has 8 rings (SSSR count). The SMILES string of the molecule is [O-][P+]1(Nc2ccccn2)Oc2c(-c3cc(C(F)(F)F)cc(C(F)(F)F)c3)cc3ccccc3c2-c2c(c(-c3cc(C(F)(F)F)cc(C(F)(F)F)c3)cc3ccccc23)O1. The van der Waals surface area contributed by atoms with Gasteiger partial charge in [-0.3, -0.25) is 9.05 Å². The first-order valence-electron chi connectivity index (χ1n) is 17.0. The summed E-state index contributed by atoms with van der Waals surface area (Å²) in [5.41, 5.74) is -9.41. The maximum absolute atomic E-state index is 15.2. The fraction of sp³-hybridized carbons (Fsp3) is 0.0976. The maximum Gasteiger partial charge on any atom is 0.433 e. The summed E-state index contributed by atoms with van der Waals surface area (Å²) in [6.07, 6.45) is -19.9. The van der Waals surface area contributed by atoms with Crippen molar-refractivity contribution in [3.05, 3.63) is 144 Å². The molecule has 2 heterocycles. The molecule has 302 valence electrons. The molecule has 18 heteroatoms. The molecule has 1 aliphatic rings. The number of rotatable bonds is 4. The summed E-state index contributed by atoms with van der Waals surface area (Å²) in [4.78, 5) is 19.2. The zero-order chi connectivity index (χ0) is 42.3. The Bertz CT molecular complexity index is 2550. The van der Waals surface area contributed by atoms with Crippen LogP contribution in [-0.2, 0) is 24.7 Å². The largest absolute Gasteiger partial charge is 0.597 e. The minimum Gasteiger partial charge on any atom is -0.597 e. The van der Waals surface area contributed by atoms with Gasteiger partial charge in [0.25, 0.3) is 0 Å². The first kappa shape index (κ1) is 39.8.